The summed E-state index contributed by atoms with van der Waals surface area (Å²) in [6.45, 7) is 0. The summed E-state index contributed by atoms with van der Waals surface area (Å²) in [5, 5.41) is 9.71. The number of aliphatic hydroxyl groups is 1. The molecule has 3 N–H and O–H groups in total. The maximum Gasteiger partial charge on any atom is 0.257 e. The number of nitrogens with one attached hydrogen (secondary N) is 2. The predicted molar refractivity (Wildman–Crippen MR) is 57.2 cm³/mol. The van der Waals surface area contributed by atoms with Gasteiger partial charge in [0, 0.05) is 6.04 Å². The lowest BCUT2D eigenvalue weighted by Crippen LogP contribution is -2.45. The zero-order valence-electron chi connectivity index (χ0n) is 8.76. The lowest BCUT2D eigenvalue weighted by molar-refractivity contribution is 0.101. The minimum absolute atomic E-state index is 0.0327. The van der Waals surface area contributed by atoms with Gasteiger partial charge in [0.15, 0.2) is 5.03 Å². The van der Waals surface area contributed by atoms with Crippen LogP contribution in [0.15, 0.2) is 17.6 Å². The van der Waals surface area contributed by atoms with Crippen LogP contribution in [0.5, 0.6) is 0 Å². The molecule has 0 unspecified atom stereocenters. The van der Waals surface area contributed by atoms with Crippen molar-refractivity contribution in [2.75, 3.05) is 0 Å². The summed E-state index contributed by atoms with van der Waals surface area (Å²) in [7, 11) is -3.58. The van der Waals surface area contributed by atoms with E-state index in [1.165, 1.54) is 12.5 Å². The van der Waals surface area contributed by atoms with E-state index in [9.17, 15) is 13.5 Å². The highest BCUT2D eigenvalue weighted by molar-refractivity contribution is 7.89. The van der Waals surface area contributed by atoms with Gasteiger partial charge < -0.3 is 10.1 Å². The molecule has 2 atom stereocenters. The van der Waals surface area contributed by atoms with Crippen LogP contribution in [0.1, 0.15) is 25.7 Å². The van der Waals surface area contributed by atoms with Gasteiger partial charge in [0.2, 0.25) is 0 Å². The first-order valence-corrected chi connectivity index (χ1v) is 6.77. The maximum absolute atomic E-state index is 11.8. The Labute approximate surface area is 94.1 Å². The van der Waals surface area contributed by atoms with Crippen molar-refractivity contribution >= 4 is 10.0 Å². The van der Waals surface area contributed by atoms with Crippen molar-refractivity contribution in [3.63, 3.8) is 0 Å². The van der Waals surface area contributed by atoms with Crippen LogP contribution in [-0.2, 0) is 10.0 Å². The standard InChI is InChI=1S/C9H15N3O3S/c13-8-4-2-1-3-7(8)12-16(14,15)9-5-10-6-11-9/h5-8,12-13H,1-4H2,(H,10,11)/t7-,8-/m0/s1. The van der Waals surface area contributed by atoms with Gasteiger partial charge in [-0.3, -0.25) is 0 Å². The first-order chi connectivity index (χ1) is 7.59. The van der Waals surface area contributed by atoms with E-state index < -0.39 is 16.1 Å². The average molecular weight is 245 g/mol. The molecule has 0 bridgehead atoms. The molecule has 16 heavy (non-hydrogen) atoms. The topological polar surface area (TPSA) is 95.1 Å². The number of hydrogen-bond donors (Lipinski definition) is 3. The highest BCUT2D eigenvalue weighted by atomic mass is 32.2. The summed E-state index contributed by atoms with van der Waals surface area (Å²) in [5.41, 5.74) is 0. The van der Waals surface area contributed by atoms with Gasteiger partial charge in [-0.25, -0.2) is 18.1 Å². The fourth-order valence-corrected chi connectivity index (χ4v) is 3.11. The van der Waals surface area contributed by atoms with Gasteiger partial charge in [0.05, 0.1) is 18.6 Å². The number of aliphatic hydroxyl groups excluding tert-OH is 1. The third-order valence-electron chi connectivity index (χ3n) is 2.80. The van der Waals surface area contributed by atoms with Crippen LogP contribution in [-0.4, -0.2) is 35.6 Å². The Hall–Kier alpha value is -0.920. The van der Waals surface area contributed by atoms with Crippen molar-refractivity contribution < 1.29 is 13.5 Å². The van der Waals surface area contributed by atoms with Crippen LogP contribution in [0.25, 0.3) is 0 Å². The van der Waals surface area contributed by atoms with E-state index in [0.29, 0.717) is 12.8 Å². The molecule has 1 aliphatic rings. The van der Waals surface area contributed by atoms with Crippen LogP contribution >= 0.6 is 0 Å². The van der Waals surface area contributed by atoms with Gasteiger partial charge in [-0.1, -0.05) is 12.8 Å². The van der Waals surface area contributed by atoms with E-state index in [0.717, 1.165) is 12.8 Å². The number of H-pyrrole nitrogens is 1. The molecule has 1 aromatic rings. The van der Waals surface area contributed by atoms with Crippen LogP contribution in [0.2, 0.25) is 0 Å². The molecule has 2 rings (SSSR count). The molecule has 0 aliphatic heterocycles. The molecule has 1 aromatic heterocycles. The third kappa shape index (κ3) is 2.42. The molecule has 1 aliphatic carbocycles. The molecule has 0 amide bonds. The van der Waals surface area contributed by atoms with Crippen molar-refractivity contribution in [1.29, 1.82) is 0 Å². The first-order valence-electron chi connectivity index (χ1n) is 5.28. The number of aromatic nitrogens is 2. The number of rotatable bonds is 3. The van der Waals surface area contributed by atoms with Crippen LogP contribution in [0, 0.1) is 0 Å². The molecular formula is C9H15N3O3S. The van der Waals surface area contributed by atoms with Gasteiger partial charge in [-0.05, 0) is 12.8 Å². The van der Waals surface area contributed by atoms with E-state index in [1.54, 1.807) is 0 Å². The highest BCUT2D eigenvalue weighted by Crippen LogP contribution is 2.19. The average Bonchev–Trinajstić information content (AvgIpc) is 2.75. The molecule has 90 valence electrons. The van der Waals surface area contributed by atoms with Crippen LogP contribution < -0.4 is 4.72 Å². The summed E-state index contributed by atoms with van der Waals surface area (Å²) >= 11 is 0. The van der Waals surface area contributed by atoms with E-state index in [1.807, 2.05) is 0 Å². The zero-order valence-corrected chi connectivity index (χ0v) is 9.57. The second-order valence-corrected chi connectivity index (χ2v) is 5.68. The number of aromatic amines is 1. The van der Waals surface area contributed by atoms with Gasteiger partial charge in [0.1, 0.15) is 0 Å². The second kappa shape index (κ2) is 4.52. The Morgan fingerprint density at radius 3 is 2.81 bits per heavy atom. The van der Waals surface area contributed by atoms with Crippen LogP contribution in [0.3, 0.4) is 0 Å². The Morgan fingerprint density at radius 2 is 2.19 bits per heavy atom. The fourth-order valence-electron chi connectivity index (χ4n) is 1.90. The summed E-state index contributed by atoms with van der Waals surface area (Å²) in [6.07, 6.45) is 5.18. The largest absolute Gasteiger partial charge is 0.391 e. The number of sulfonamides is 1. The van der Waals surface area contributed by atoms with E-state index in [2.05, 4.69) is 14.7 Å². The normalized spacial score (nSPS) is 26.8. The van der Waals surface area contributed by atoms with E-state index >= 15 is 0 Å². The van der Waals surface area contributed by atoms with Gasteiger partial charge in [-0.2, -0.15) is 0 Å². The SMILES string of the molecule is O=S(=O)(N[C@H]1CCCC[C@@H]1O)c1cnc[nH]1. The predicted octanol–water partition coefficient (Wildman–Crippen LogP) is -0.00850. The third-order valence-corrected chi connectivity index (χ3v) is 4.21. The summed E-state index contributed by atoms with van der Waals surface area (Å²) in [4.78, 5) is 6.20. The summed E-state index contributed by atoms with van der Waals surface area (Å²) in [5.74, 6) is 0. The molecular weight excluding hydrogens is 230 g/mol. The lowest BCUT2D eigenvalue weighted by atomic mass is 9.93. The Balaban J connectivity index is 2.09. The van der Waals surface area contributed by atoms with Crippen molar-refractivity contribution in [2.24, 2.45) is 0 Å². The maximum atomic E-state index is 11.8. The van der Waals surface area contributed by atoms with Gasteiger partial charge >= 0.3 is 0 Å². The van der Waals surface area contributed by atoms with Crippen LogP contribution in [0.4, 0.5) is 0 Å². The molecule has 0 spiro atoms. The molecule has 1 fully saturated rings. The summed E-state index contributed by atoms with van der Waals surface area (Å²) < 4.78 is 26.1. The summed E-state index contributed by atoms with van der Waals surface area (Å²) in [6, 6.07) is -0.387. The highest BCUT2D eigenvalue weighted by Gasteiger charge is 2.28. The first kappa shape index (κ1) is 11.6. The quantitative estimate of drug-likeness (QED) is 0.698. The Kier molecular flexibility index (Phi) is 3.27. The minimum Gasteiger partial charge on any atom is -0.391 e. The van der Waals surface area contributed by atoms with Crippen molar-refractivity contribution in [1.82, 2.24) is 14.7 Å². The molecule has 0 aromatic carbocycles. The van der Waals surface area contributed by atoms with Crippen molar-refractivity contribution in [3.05, 3.63) is 12.5 Å². The van der Waals surface area contributed by atoms with E-state index in [-0.39, 0.29) is 11.1 Å². The van der Waals surface area contributed by atoms with Gasteiger partial charge in [-0.15, -0.1) is 0 Å². The monoisotopic (exact) mass is 245 g/mol. The molecule has 7 heteroatoms. The fraction of sp³-hybridized carbons (Fsp3) is 0.667. The zero-order chi connectivity index (χ0) is 11.6. The van der Waals surface area contributed by atoms with E-state index in [4.69, 9.17) is 0 Å². The molecule has 1 saturated carbocycles. The molecule has 0 saturated heterocycles. The number of nitrogens with zero attached hydrogens (tertiary/aromatic N) is 1. The van der Waals surface area contributed by atoms with Crippen molar-refractivity contribution in [2.45, 2.75) is 42.9 Å². The molecule has 1 heterocycles. The number of hydrogen-bond acceptors (Lipinski definition) is 4. The van der Waals surface area contributed by atoms with Crippen molar-refractivity contribution in [3.8, 4) is 0 Å². The Bertz CT molecular complexity index is 429. The molecule has 6 nitrogen and oxygen atoms in total. The molecule has 0 radical (unpaired) electrons. The minimum atomic E-state index is -3.58. The number of imidazole rings is 1. The second-order valence-electron chi connectivity index (χ2n) is 4.00. The van der Waals surface area contributed by atoms with Gasteiger partial charge in [0.25, 0.3) is 10.0 Å². The smallest absolute Gasteiger partial charge is 0.257 e. The Morgan fingerprint density at radius 1 is 1.44 bits per heavy atom. The lowest BCUT2D eigenvalue weighted by Gasteiger charge is -2.27.